The number of furan rings is 1. The maximum Gasteiger partial charge on any atom is 0.120 e. The van der Waals surface area contributed by atoms with E-state index in [1.165, 1.54) is 18.4 Å². The van der Waals surface area contributed by atoms with Gasteiger partial charge in [0.15, 0.2) is 0 Å². The lowest BCUT2D eigenvalue weighted by molar-refractivity contribution is 0.204. The molecular weight excluding hydrogens is 212 g/mol. The van der Waals surface area contributed by atoms with Crippen LogP contribution in [-0.2, 0) is 13.1 Å². The van der Waals surface area contributed by atoms with Crippen molar-refractivity contribution in [2.75, 3.05) is 14.1 Å². The molecule has 1 aromatic heterocycles. The standard InChI is InChI=1S/C14H26N2O/c1-6-12(7-2)16(5)10-13-8-11(3)14(17-13)9-15-4/h8,12,15H,6-7,9-10H2,1-5H3. The summed E-state index contributed by atoms with van der Waals surface area (Å²) >= 11 is 0. The molecule has 0 unspecified atom stereocenters. The molecule has 0 aliphatic heterocycles. The summed E-state index contributed by atoms with van der Waals surface area (Å²) in [5.41, 5.74) is 1.24. The van der Waals surface area contributed by atoms with Gasteiger partial charge in [0, 0.05) is 6.04 Å². The molecule has 0 saturated carbocycles. The summed E-state index contributed by atoms with van der Waals surface area (Å²) in [4.78, 5) is 2.38. The molecule has 0 atom stereocenters. The fourth-order valence-corrected chi connectivity index (χ4v) is 2.29. The third kappa shape index (κ3) is 3.86. The molecule has 98 valence electrons. The summed E-state index contributed by atoms with van der Waals surface area (Å²) in [5.74, 6) is 2.13. The lowest BCUT2D eigenvalue weighted by Crippen LogP contribution is -2.29. The van der Waals surface area contributed by atoms with Gasteiger partial charge in [0.1, 0.15) is 11.5 Å². The Kier molecular flexibility index (Phi) is 5.72. The Balaban J connectivity index is 2.64. The number of hydrogen-bond acceptors (Lipinski definition) is 3. The Hall–Kier alpha value is -0.800. The first-order valence-electron chi connectivity index (χ1n) is 6.55. The Morgan fingerprint density at radius 2 is 2.00 bits per heavy atom. The van der Waals surface area contributed by atoms with Crippen molar-refractivity contribution in [1.82, 2.24) is 10.2 Å². The van der Waals surface area contributed by atoms with Gasteiger partial charge in [0.05, 0.1) is 13.1 Å². The van der Waals surface area contributed by atoms with Crippen LogP contribution in [-0.4, -0.2) is 25.0 Å². The number of nitrogens with one attached hydrogen (secondary N) is 1. The molecule has 0 fully saturated rings. The molecule has 0 aliphatic carbocycles. The highest BCUT2D eigenvalue weighted by atomic mass is 16.3. The number of nitrogens with zero attached hydrogens (tertiary/aromatic N) is 1. The smallest absolute Gasteiger partial charge is 0.120 e. The van der Waals surface area contributed by atoms with E-state index >= 15 is 0 Å². The molecule has 3 nitrogen and oxygen atoms in total. The predicted molar refractivity (Wildman–Crippen MR) is 72.0 cm³/mol. The second-order valence-electron chi connectivity index (χ2n) is 4.73. The van der Waals surface area contributed by atoms with Crippen molar-refractivity contribution >= 4 is 0 Å². The first kappa shape index (κ1) is 14.3. The number of rotatable bonds is 7. The van der Waals surface area contributed by atoms with Gasteiger partial charge < -0.3 is 9.73 Å². The van der Waals surface area contributed by atoms with E-state index in [9.17, 15) is 0 Å². The van der Waals surface area contributed by atoms with Gasteiger partial charge in [-0.1, -0.05) is 13.8 Å². The molecular formula is C14H26N2O. The van der Waals surface area contributed by atoms with E-state index < -0.39 is 0 Å². The van der Waals surface area contributed by atoms with E-state index in [1.54, 1.807) is 0 Å². The van der Waals surface area contributed by atoms with Crippen molar-refractivity contribution in [2.45, 2.75) is 52.7 Å². The van der Waals surface area contributed by atoms with Gasteiger partial charge in [-0.2, -0.15) is 0 Å². The molecule has 0 bridgehead atoms. The van der Waals surface area contributed by atoms with Gasteiger partial charge >= 0.3 is 0 Å². The van der Waals surface area contributed by atoms with E-state index in [1.807, 2.05) is 7.05 Å². The number of hydrogen-bond donors (Lipinski definition) is 1. The molecule has 1 N–H and O–H groups in total. The van der Waals surface area contributed by atoms with Crippen LogP contribution in [0, 0.1) is 6.92 Å². The fourth-order valence-electron chi connectivity index (χ4n) is 2.29. The van der Waals surface area contributed by atoms with Crippen LogP contribution >= 0.6 is 0 Å². The molecule has 1 heterocycles. The SMILES string of the molecule is CCC(CC)N(C)Cc1cc(C)c(CNC)o1. The summed E-state index contributed by atoms with van der Waals surface area (Å²) in [6.07, 6.45) is 2.38. The first-order valence-corrected chi connectivity index (χ1v) is 6.55. The van der Waals surface area contributed by atoms with Crippen LogP contribution in [0.3, 0.4) is 0 Å². The van der Waals surface area contributed by atoms with Gasteiger partial charge in [-0.25, -0.2) is 0 Å². The van der Waals surface area contributed by atoms with E-state index in [2.05, 4.69) is 44.1 Å². The van der Waals surface area contributed by atoms with Crippen LogP contribution in [0.25, 0.3) is 0 Å². The van der Waals surface area contributed by atoms with E-state index in [0.717, 1.165) is 24.6 Å². The Labute approximate surface area is 105 Å². The topological polar surface area (TPSA) is 28.4 Å². The van der Waals surface area contributed by atoms with Crippen molar-refractivity contribution in [3.8, 4) is 0 Å². The molecule has 0 spiro atoms. The van der Waals surface area contributed by atoms with Crippen LogP contribution in [0.5, 0.6) is 0 Å². The average molecular weight is 238 g/mol. The minimum Gasteiger partial charge on any atom is -0.463 e. The third-order valence-corrected chi connectivity index (χ3v) is 3.38. The van der Waals surface area contributed by atoms with Crippen LogP contribution < -0.4 is 5.32 Å². The summed E-state index contributed by atoms with van der Waals surface area (Å²) in [6, 6.07) is 2.80. The molecule has 3 heteroatoms. The highest BCUT2D eigenvalue weighted by Gasteiger charge is 2.14. The van der Waals surface area contributed by atoms with Crippen LogP contribution in [0.4, 0.5) is 0 Å². The maximum atomic E-state index is 5.86. The van der Waals surface area contributed by atoms with Crippen LogP contribution in [0.15, 0.2) is 10.5 Å². The molecule has 0 saturated heterocycles. The first-order chi connectivity index (χ1) is 8.12. The number of aryl methyl sites for hydroxylation is 1. The molecule has 0 amide bonds. The molecule has 17 heavy (non-hydrogen) atoms. The van der Waals surface area contributed by atoms with Crippen molar-refractivity contribution in [3.05, 3.63) is 23.2 Å². The fraction of sp³-hybridized carbons (Fsp3) is 0.714. The Morgan fingerprint density at radius 1 is 1.35 bits per heavy atom. The summed E-state index contributed by atoms with van der Waals surface area (Å²) in [7, 11) is 4.12. The highest BCUT2D eigenvalue weighted by molar-refractivity contribution is 5.20. The summed E-state index contributed by atoms with van der Waals surface area (Å²) in [6.45, 7) is 8.29. The zero-order valence-corrected chi connectivity index (χ0v) is 11.8. The van der Waals surface area contributed by atoms with E-state index in [0.29, 0.717) is 6.04 Å². The monoisotopic (exact) mass is 238 g/mol. The lowest BCUT2D eigenvalue weighted by atomic mass is 10.1. The molecule has 0 radical (unpaired) electrons. The van der Waals surface area contributed by atoms with Crippen molar-refractivity contribution in [2.24, 2.45) is 0 Å². The normalized spacial score (nSPS) is 11.7. The molecule has 1 aromatic rings. The average Bonchev–Trinajstić information content (AvgIpc) is 2.61. The summed E-state index contributed by atoms with van der Waals surface area (Å²) in [5, 5.41) is 3.13. The Bertz CT molecular complexity index is 329. The van der Waals surface area contributed by atoms with E-state index in [-0.39, 0.29) is 0 Å². The van der Waals surface area contributed by atoms with Gasteiger partial charge in [0.25, 0.3) is 0 Å². The van der Waals surface area contributed by atoms with Crippen LogP contribution in [0.2, 0.25) is 0 Å². The minimum absolute atomic E-state index is 0.646. The van der Waals surface area contributed by atoms with Crippen molar-refractivity contribution in [3.63, 3.8) is 0 Å². The van der Waals surface area contributed by atoms with E-state index in [4.69, 9.17) is 4.42 Å². The summed E-state index contributed by atoms with van der Waals surface area (Å²) < 4.78 is 5.86. The van der Waals surface area contributed by atoms with Crippen molar-refractivity contribution < 1.29 is 4.42 Å². The quantitative estimate of drug-likeness (QED) is 0.791. The highest BCUT2D eigenvalue weighted by Crippen LogP contribution is 2.17. The molecule has 0 aromatic carbocycles. The maximum absolute atomic E-state index is 5.86. The minimum atomic E-state index is 0.646. The van der Waals surface area contributed by atoms with Gasteiger partial charge in [0.2, 0.25) is 0 Å². The van der Waals surface area contributed by atoms with Gasteiger partial charge in [-0.05, 0) is 45.5 Å². The van der Waals surface area contributed by atoms with Crippen molar-refractivity contribution in [1.29, 1.82) is 0 Å². The molecule has 1 rings (SSSR count). The largest absolute Gasteiger partial charge is 0.463 e. The third-order valence-electron chi connectivity index (χ3n) is 3.38. The molecule has 0 aliphatic rings. The predicted octanol–water partition coefficient (Wildman–Crippen LogP) is 2.93. The zero-order valence-electron chi connectivity index (χ0n) is 11.8. The second kappa shape index (κ2) is 6.82. The lowest BCUT2D eigenvalue weighted by Gasteiger charge is -2.24. The van der Waals surface area contributed by atoms with Gasteiger partial charge in [-0.15, -0.1) is 0 Å². The zero-order chi connectivity index (χ0) is 12.8. The second-order valence-corrected chi connectivity index (χ2v) is 4.73. The Morgan fingerprint density at radius 3 is 2.53 bits per heavy atom. The van der Waals surface area contributed by atoms with Crippen LogP contribution in [0.1, 0.15) is 43.8 Å². The van der Waals surface area contributed by atoms with Gasteiger partial charge in [-0.3, -0.25) is 4.90 Å².